The summed E-state index contributed by atoms with van der Waals surface area (Å²) in [5.74, 6) is 0.616. The van der Waals surface area contributed by atoms with Crippen molar-refractivity contribution < 1.29 is 9.53 Å². The summed E-state index contributed by atoms with van der Waals surface area (Å²) in [5, 5.41) is 0. The fraction of sp³-hybridized carbons (Fsp3) is 0.615. The molecule has 19 heavy (non-hydrogen) atoms. The summed E-state index contributed by atoms with van der Waals surface area (Å²) < 4.78 is 5.07. The topological polar surface area (TPSA) is 58.6 Å². The number of nitrogens with zero attached hydrogens (tertiary/aromatic N) is 4. The maximum atomic E-state index is 11.9. The molecule has 0 saturated heterocycles. The molecule has 6 nitrogen and oxygen atoms in total. The number of rotatable bonds is 6. The van der Waals surface area contributed by atoms with Crippen LogP contribution in [-0.2, 0) is 4.74 Å². The van der Waals surface area contributed by atoms with Crippen LogP contribution in [0.3, 0.4) is 0 Å². The van der Waals surface area contributed by atoms with Crippen LogP contribution in [0.2, 0.25) is 0 Å². The van der Waals surface area contributed by atoms with E-state index >= 15 is 0 Å². The van der Waals surface area contributed by atoms with E-state index < -0.39 is 0 Å². The summed E-state index contributed by atoms with van der Waals surface area (Å²) >= 11 is 0. The molecule has 0 aliphatic rings. The van der Waals surface area contributed by atoms with Crippen LogP contribution in [0.1, 0.15) is 23.8 Å². The quantitative estimate of drug-likeness (QED) is 0.770. The number of hydrogen-bond acceptors (Lipinski definition) is 5. The number of carbonyl (C=O) groups is 1. The van der Waals surface area contributed by atoms with Crippen molar-refractivity contribution in [2.45, 2.75) is 19.4 Å². The van der Waals surface area contributed by atoms with Crippen LogP contribution in [0.15, 0.2) is 12.4 Å². The average molecular weight is 266 g/mol. The van der Waals surface area contributed by atoms with E-state index in [-0.39, 0.29) is 11.9 Å². The minimum absolute atomic E-state index is 0.124. The molecule has 0 radical (unpaired) electrons. The highest BCUT2D eigenvalue weighted by atomic mass is 16.5. The Labute approximate surface area is 114 Å². The smallest absolute Gasteiger partial charge is 0.272 e. The van der Waals surface area contributed by atoms with Gasteiger partial charge in [-0.2, -0.15) is 0 Å². The molecule has 0 N–H and O–H groups in total. The van der Waals surface area contributed by atoms with Gasteiger partial charge in [-0.1, -0.05) is 0 Å². The lowest BCUT2D eigenvalue weighted by atomic mass is 10.2. The minimum Gasteiger partial charge on any atom is -0.385 e. The highest BCUT2D eigenvalue weighted by molar-refractivity contribution is 5.92. The van der Waals surface area contributed by atoms with Crippen molar-refractivity contribution in [1.29, 1.82) is 0 Å². The normalized spacial score (nSPS) is 12.1. The second kappa shape index (κ2) is 7.04. The Morgan fingerprint density at radius 1 is 1.37 bits per heavy atom. The van der Waals surface area contributed by atoms with E-state index in [1.54, 1.807) is 27.3 Å². The van der Waals surface area contributed by atoms with Gasteiger partial charge in [-0.15, -0.1) is 0 Å². The van der Waals surface area contributed by atoms with Gasteiger partial charge in [0.05, 0.1) is 0 Å². The van der Waals surface area contributed by atoms with Crippen LogP contribution in [0.4, 0.5) is 5.82 Å². The van der Waals surface area contributed by atoms with E-state index in [0.717, 1.165) is 12.2 Å². The van der Waals surface area contributed by atoms with Gasteiger partial charge in [-0.25, -0.2) is 9.97 Å². The third-order valence-corrected chi connectivity index (χ3v) is 3.04. The largest absolute Gasteiger partial charge is 0.385 e. The molecule has 1 atom stereocenters. The van der Waals surface area contributed by atoms with Gasteiger partial charge in [0.25, 0.3) is 5.91 Å². The molecule has 1 amide bonds. The Morgan fingerprint density at radius 3 is 2.63 bits per heavy atom. The first-order chi connectivity index (χ1) is 8.97. The van der Waals surface area contributed by atoms with E-state index in [9.17, 15) is 4.79 Å². The Kier molecular flexibility index (Phi) is 5.69. The molecule has 0 aliphatic carbocycles. The Morgan fingerprint density at radius 2 is 2.05 bits per heavy atom. The third-order valence-electron chi connectivity index (χ3n) is 3.04. The van der Waals surface area contributed by atoms with Gasteiger partial charge in [-0.3, -0.25) is 4.79 Å². The lowest BCUT2D eigenvalue weighted by Gasteiger charge is -2.26. The average Bonchev–Trinajstić information content (AvgIpc) is 2.43. The lowest BCUT2D eigenvalue weighted by molar-refractivity contribution is 0.0822. The van der Waals surface area contributed by atoms with Crippen LogP contribution in [-0.4, -0.2) is 61.7 Å². The third kappa shape index (κ3) is 4.17. The Bertz CT molecular complexity index is 423. The molecule has 0 spiro atoms. The zero-order valence-corrected chi connectivity index (χ0v) is 12.3. The fourth-order valence-electron chi connectivity index (χ4n) is 1.59. The van der Waals surface area contributed by atoms with Crippen LogP contribution in [0, 0.1) is 0 Å². The first kappa shape index (κ1) is 15.4. The highest BCUT2D eigenvalue weighted by Crippen LogP contribution is 2.14. The zero-order chi connectivity index (χ0) is 14.4. The van der Waals surface area contributed by atoms with E-state index in [2.05, 4.69) is 16.9 Å². The summed E-state index contributed by atoms with van der Waals surface area (Å²) in [6.45, 7) is 2.79. The van der Waals surface area contributed by atoms with Gasteiger partial charge in [-0.05, 0) is 13.3 Å². The minimum atomic E-state index is -0.124. The van der Waals surface area contributed by atoms with Crippen molar-refractivity contribution in [3.8, 4) is 0 Å². The maximum absolute atomic E-state index is 11.9. The van der Waals surface area contributed by atoms with Crippen molar-refractivity contribution in [2.24, 2.45) is 0 Å². The molecule has 0 fully saturated rings. The van der Waals surface area contributed by atoms with Crippen LogP contribution >= 0.6 is 0 Å². The van der Waals surface area contributed by atoms with Gasteiger partial charge < -0.3 is 14.5 Å². The van der Waals surface area contributed by atoms with Crippen molar-refractivity contribution in [3.05, 3.63) is 18.1 Å². The molecular weight excluding hydrogens is 244 g/mol. The van der Waals surface area contributed by atoms with Crippen LogP contribution < -0.4 is 4.90 Å². The summed E-state index contributed by atoms with van der Waals surface area (Å²) in [4.78, 5) is 23.6. The number of anilines is 1. The molecule has 106 valence electrons. The second-order valence-corrected chi connectivity index (χ2v) is 4.70. The maximum Gasteiger partial charge on any atom is 0.272 e. The zero-order valence-electron chi connectivity index (χ0n) is 12.3. The van der Waals surface area contributed by atoms with E-state index in [1.807, 2.05) is 11.9 Å². The first-order valence-corrected chi connectivity index (χ1v) is 6.22. The van der Waals surface area contributed by atoms with Crippen molar-refractivity contribution in [2.75, 3.05) is 39.8 Å². The highest BCUT2D eigenvalue weighted by Gasteiger charge is 2.15. The number of hydrogen-bond donors (Lipinski definition) is 0. The Hall–Kier alpha value is -1.69. The summed E-state index contributed by atoms with van der Waals surface area (Å²) in [6.07, 6.45) is 2.32. The molecular formula is C13H22N4O2. The number of carbonyl (C=O) groups excluding carboxylic acids is 1. The molecule has 1 unspecified atom stereocenters. The monoisotopic (exact) mass is 266 g/mol. The standard InChI is InChI=1S/C13H22N4O2/c1-10(6-7-19-5)17(4)12-8-11(14-9-15-12)13(18)16(2)3/h8-10H,6-7H2,1-5H3. The molecule has 1 heterocycles. The molecule has 0 aliphatic heterocycles. The predicted octanol–water partition coefficient (Wildman–Crippen LogP) is 1.04. The molecule has 0 aromatic carbocycles. The van der Waals surface area contributed by atoms with Crippen molar-refractivity contribution in [3.63, 3.8) is 0 Å². The van der Waals surface area contributed by atoms with Crippen LogP contribution in [0.5, 0.6) is 0 Å². The van der Waals surface area contributed by atoms with E-state index in [0.29, 0.717) is 12.3 Å². The number of methoxy groups -OCH3 is 1. The van der Waals surface area contributed by atoms with Gasteiger partial charge in [0, 0.05) is 47.0 Å². The molecule has 1 aromatic rings. The van der Waals surface area contributed by atoms with Gasteiger partial charge >= 0.3 is 0 Å². The fourth-order valence-corrected chi connectivity index (χ4v) is 1.59. The SMILES string of the molecule is COCCC(C)N(C)c1cc(C(=O)N(C)C)ncn1. The van der Waals surface area contributed by atoms with Crippen molar-refractivity contribution >= 4 is 11.7 Å². The van der Waals surface area contributed by atoms with E-state index in [1.165, 1.54) is 11.2 Å². The number of aromatic nitrogens is 2. The summed E-state index contributed by atoms with van der Waals surface area (Å²) in [6, 6.07) is 1.99. The first-order valence-electron chi connectivity index (χ1n) is 6.22. The summed E-state index contributed by atoms with van der Waals surface area (Å²) in [7, 11) is 7.04. The number of amides is 1. The molecule has 0 bridgehead atoms. The molecule has 1 rings (SSSR count). The van der Waals surface area contributed by atoms with Gasteiger partial charge in [0.2, 0.25) is 0 Å². The second-order valence-electron chi connectivity index (χ2n) is 4.70. The number of ether oxygens (including phenoxy) is 1. The van der Waals surface area contributed by atoms with Gasteiger partial charge in [0.1, 0.15) is 17.8 Å². The van der Waals surface area contributed by atoms with Crippen molar-refractivity contribution in [1.82, 2.24) is 14.9 Å². The van der Waals surface area contributed by atoms with Gasteiger partial charge in [0.15, 0.2) is 0 Å². The summed E-state index contributed by atoms with van der Waals surface area (Å²) in [5.41, 5.74) is 0.404. The lowest BCUT2D eigenvalue weighted by Crippen LogP contribution is -2.31. The molecule has 0 saturated carbocycles. The Balaban J connectivity index is 2.83. The molecule has 6 heteroatoms. The molecule has 1 aromatic heterocycles. The predicted molar refractivity (Wildman–Crippen MR) is 74.4 cm³/mol. The van der Waals surface area contributed by atoms with E-state index in [4.69, 9.17) is 4.74 Å². The van der Waals surface area contributed by atoms with Crippen LogP contribution in [0.25, 0.3) is 0 Å².